The zero-order chi connectivity index (χ0) is 57.1. The highest BCUT2D eigenvalue weighted by atomic mass is 16.6. The van der Waals surface area contributed by atoms with Crippen molar-refractivity contribution in [1.29, 1.82) is 0 Å². The van der Waals surface area contributed by atoms with Gasteiger partial charge in [0.05, 0.1) is 0 Å². The molecule has 0 aromatic rings. The van der Waals surface area contributed by atoms with E-state index in [1.807, 2.05) is 0 Å². The Labute approximate surface area is 488 Å². The molecular formula is C73H122O6. The quantitative estimate of drug-likeness (QED) is 0.0261. The van der Waals surface area contributed by atoms with Gasteiger partial charge in [-0.3, -0.25) is 14.4 Å². The van der Waals surface area contributed by atoms with Gasteiger partial charge in [0.2, 0.25) is 0 Å². The molecule has 0 saturated carbocycles. The molecule has 0 aliphatic rings. The van der Waals surface area contributed by atoms with Crippen molar-refractivity contribution in [3.05, 3.63) is 122 Å². The number of carbonyl (C=O) groups is 3. The van der Waals surface area contributed by atoms with E-state index in [0.717, 1.165) is 148 Å². The van der Waals surface area contributed by atoms with Gasteiger partial charge in [-0.25, -0.2) is 0 Å². The first kappa shape index (κ1) is 74.8. The fraction of sp³-hybridized carbons (Fsp3) is 0.685. The topological polar surface area (TPSA) is 78.9 Å². The minimum atomic E-state index is -0.798. The number of carbonyl (C=O) groups excluding carboxylic acids is 3. The van der Waals surface area contributed by atoms with Crippen LogP contribution in [0, 0.1) is 0 Å². The van der Waals surface area contributed by atoms with Crippen LogP contribution in [0.25, 0.3) is 0 Å². The highest BCUT2D eigenvalue weighted by molar-refractivity contribution is 5.71. The zero-order valence-electron chi connectivity index (χ0n) is 51.6. The van der Waals surface area contributed by atoms with Crippen LogP contribution in [0.15, 0.2) is 122 Å². The Kier molecular flexibility index (Phi) is 62.8. The fourth-order valence-electron chi connectivity index (χ4n) is 9.09. The lowest BCUT2D eigenvalue weighted by Gasteiger charge is -2.18. The molecule has 6 nitrogen and oxygen atoms in total. The van der Waals surface area contributed by atoms with Crippen molar-refractivity contribution < 1.29 is 28.6 Å². The Balaban J connectivity index is 4.43. The Morgan fingerprint density at radius 1 is 0.266 bits per heavy atom. The molecule has 0 radical (unpaired) electrons. The summed E-state index contributed by atoms with van der Waals surface area (Å²) in [6, 6.07) is 0. The number of allylic oxidation sites excluding steroid dienone is 20. The van der Waals surface area contributed by atoms with E-state index in [9.17, 15) is 14.4 Å². The van der Waals surface area contributed by atoms with Crippen LogP contribution in [0.5, 0.6) is 0 Å². The predicted molar refractivity (Wildman–Crippen MR) is 343 cm³/mol. The first-order valence-corrected chi connectivity index (χ1v) is 33.0. The molecule has 450 valence electrons. The van der Waals surface area contributed by atoms with Crippen LogP contribution in [-0.2, 0) is 28.6 Å². The molecule has 0 saturated heterocycles. The van der Waals surface area contributed by atoms with E-state index in [-0.39, 0.29) is 31.1 Å². The summed E-state index contributed by atoms with van der Waals surface area (Å²) in [5.74, 6) is -0.922. The van der Waals surface area contributed by atoms with Crippen LogP contribution in [0.2, 0.25) is 0 Å². The van der Waals surface area contributed by atoms with Gasteiger partial charge in [-0.1, -0.05) is 296 Å². The molecule has 79 heavy (non-hydrogen) atoms. The van der Waals surface area contributed by atoms with E-state index in [2.05, 4.69) is 142 Å². The summed E-state index contributed by atoms with van der Waals surface area (Å²) in [6.07, 6.45) is 92.0. The normalized spacial score (nSPS) is 12.9. The Morgan fingerprint density at radius 2 is 0.494 bits per heavy atom. The van der Waals surface area contributed by atoms with Gasteiger partial charge in [0, 0.05) is 19.3 Å². The number of rotatable bonds is 59. The Bertz CT molecular complexity index is 1640. The molecule has 0 rings (SSSR count). The van der Waals surface area contributed by atoms with Gasteiger partial charge in [-0.2, -0.15) is 0 Å². The second-order valence-electron chi connectivity index (χ2n) is 21.6. The zero-order valence-corrected chi connectivity index (χ0v) is 51.6. The molecule has 6 heteroatoms. The first-order chi connectivity index (χ1) is 39.0. The lowest BCUT2D eigenvalue weighted by Crippen LogP contribution is -2.30. The highest BCUT2D eigenvalue weighted by Gasteiger charge is 2.19. The van der Waals surface area contributed by atoms with Gasteiger partial charge in [0.1, 0.15) is 13.2 Å². The summed E-state index contributed by atoms with van der Waals surface area (Å²) in [7, 11) is 0. The predicted octanol–water partition coefficient (Wildman–Crippen LogP) is 22.8. The van der Waals surface area contributed by atoms with E-state index in [4.69, 9.17) is 14.2 Å². The van der Waals surface area contributed by atoms with Crippen molar-refractivity contribution in [3.8, 4) is 0 Å². The third-order valence-corrected chi connectivity index (χ3v) is 14.0. The Morgan fingerprint density at radius 3 is 0.772 bits per heavy atom. The third-order valence-electron chi connectivity index (χ3n) is 14.0. The smallest absolute Gasteiger partial charge is 0.306 e. The van der Waals surface area contributed by atoms with E-state index < -0.39 is 6.10 Å². The molecule has 0 N–H and O–H groups in total. The molecule has 0 spiro atoms. The molecule has 0 aromatic carbocycles. The minimum absolute atomic E-state index is 0.0943. The first-order valence-electron chi connectivity index (χ1n) is 33.0. The summed E-state index contributed by atoms with van der Waals surface area (Å²) in [4.78, 5) is 38.4. The van der Waals surface area contributed by atoms with Crippen molar-refractivity contribution in [2.45, 2.75) is 309 Å². The summed E-state index contributed by atoms with van der Waals surface area (Å²) in [5, 5.41) is 0. The molecular weight excluding hydrogens is 973 g/mol. The van der Waals surface area contributed by atoms with Crippen LogP contribution in [-0.4, -0.2) is 37.2 Å². The van der Waals surface area contributed by atoms with E-state index >= 15 is 0 Å². The molecule has 1 unspecified atom stereocenters. The average Bonchev–Trinajstić information content (AvgIpc) is 3.45. The van der Waals surface area contributed by atoms with Gasteiger partial charge < -0.3 is 14.2 Å². The van der Waals surface area contributed by atoms with Crippen molar-refractivity contribution >= 4 is 17.9 Å². The SMILES string of the molecule is CC/C=C\C/C=C\C/C=C\C/C=C\C/C=C\C/C=C\CCCCCCCCC(=O)OCC(COC(=O)CCCCCC/C=C\C/C=C\C/C=C\C/C=C\CC)OC(=O)CCCCCCCCCCCCCCCCCCCCC. The average molecular weight is 1100 g/mol. The van der Waals surface area contributed by atoms with E-state index in [1.54, 1.807) is 0 Å². The molecule has 0 fully saturated rings. The van der Waals surface area contributed by atoms with Gasteiger partial charge in [0.25, 0.3) is 0 Å². The van der Waals surface area contributed by atoms with E-state index in [1.165, 1.54) is 116 Å². The molecule has 0 amide bonds. The third kappa shape index (κ3) is 64.5. The maximum Gasteiger partial charge on any atom is 0.306 e. The fourth-order valence-corrected chi connectivity index (χ4v) is 9.09. The van der Waals surface area contributed by atoms with Crippen molar-refractivity contribution in [1.82, 2.24) is 0 Å². The van der Waals surface area contributed by atoms with Crippen LogP contribution >= 0.6 is 0 Å². The minimum Gasteiger partial charge on any atom is -0.462 e. The van der Waals surface area contributed by atoms with Crippen molar-refractivity contribution in [2.24, 2.45) is 0 Å². The summed E-state index contributed by atoms with van der Waals surface area (Å²) in [6.45, 7) is 6.41. The molecule has 0 aliphatic heterocycles. The lowest BCUT2D eigenvalue weighted by atomic mass is 10.0. The molecule has 0 aliphatic carbocycles. The summed E-state index contributed by atoms with van der Waals surface area (Å²) >= 11 is 0. The monoisotopic (exact) mass is 1090 g/mol. The summed E-state index contributed by atoms with van der Waals surface area (Å²) < 4.78 is 16.9. The largest absolute Gasteiger partial charge is 0.462 e. The number of hydrogen-bond donors (Lipinski definition) is 0. The molecule has 1 atom stereocenters. The van der Waals surface area contributed by atoms with Crippen LogP contribution < -0.4 is 0 Å². The number of unbranched alkanes of at least 4 members (excludes halogenated alkanes) is 28. The number of ether oxygens (including phenoxy) is 3. The Hall–Kier alpha value is -4.19. The van der Waals surface area contributed by atoms with Crippen LogP contribution in [0.1, 0.15) is 303 Å². The highest BCUT2D eigenvalue weighted by Crippen LogP contribution is 2.16. The maximum absolute atomic E-state index is 12.9. The van der Waals surface area contributed by atoms with Gasteiger partial charge in [0.15, 0.2) is 6.10 Å². The molecule has 0 bridgehead atoms. The van der Waals surface area contributed by atoms with Crippen molar-refractivity contribution in [2.75, 3.05) is 13.2 Å². The van der Waals surface area contributed by atoms with Gasteiger partial charge in [-0.05, 0) is 109 Å². The number of hydrogen-bond acceptors (Lipinski definition) is 6. The number of esters is 3. The second kappa shape index (κ2) is 66.3. The van der Waals surface area contributed by atoms with Crippen LogP contribution in [0.4, 0.5) is 0 Å². The maximum atomic E-state index is 12.9. The molecule has 0 heterocycles. The van der Waals surface area contributed by atoms with Gasteiger partial charge >= 0.3 is 17.9 Å². The standard InChI is InChI=1S/C73H122O6/c1-4-7-10-13-16-19-22-25-28-31-33-34-35-36-37-38-40-42-45-48-51-54-57-60-63-66-72(75)78-69-70(68-77-71(74)65-62-59-56-53-50-47-44-41-30-27-24-21-18-15-12-9-6-3)79-73(76)67-64-61-58-55-52-49-46-43-39-32-29-26-23-20-17-14-11-8-5-2/h7,9-10,12,16,18-19,21,25,27-28,30,33-34,36-37,40,42,44,47,70H,4-6,8,11,13-15,17,20,22-24,26,29,31-32,35,38-39,41,43,45-46,48-69H2,1-3H3/b10-7-,12-9-,19-16-,21-18-,28-25-,30-27-,34-33-,37-36-,42-40-,47-44-. The van der Waals surface area contributed by atoms with Crippen molar-refractivity contribution in [3.63, 3.8) is 0 Å². The lowest BCUT2D eigenvalue weighted by molar-refractivity contribution is -0.167. The summed E-state index contributed by atoms with van der Waals surface area (Å²) in [5.41, 5.74) is 0. The van der Waals surface area contributed by atoms with Gasteiger partial charge in [-0.15, -0.1) is 0 Å². The second-order valence-corrected chi connectivity index (χ2v) is 21.6. The van der Waals surface area contributed by atoms with E-state index in [0.29, 0.717) is 19.3 Å². The van der Waals surface area contributed by atoms with Crippen LogP contribution in [0.3, 0.4) is 0 Å². The molecule has 0 aromatic heterocycles.